The van der Waals surface area contributed by atoms with Crippen molar-refractivity contribution in [1.82, 2.24) is 5.32 Å². The predicted molar refractivity (Wildman–Crippen MR) is 148 cm³/mol. The molecule has 3 unspecified atom stereocenters. The SMILES string of the molecule is COC(=O)CNC(=O)Cc1cc(C2CC(OCc3ccccc3)CC(COCc3ccccc3)O2)ccc1Cl. The summed E-state index contributed by atoms with van der Waals surface area (Å²) in [7, 11) is 1.27. The molecule has 3 aromatic rings. The van der Waals surface area contributed by atoms with E-state index >= 15 is 0 Å². The Morgan fingerprint density at radius 2 is 1.64 bits per heavy atom. The molecule has 3 atom stereocenters. The van der Waals surface area contributed by atoms with Crippen molar-refractivity contribution in [2.45, 2.75) is 50.8 Å². The molecule has 0 aliphatic carbocycles. The van der Waals surface area contributed by atoms with E-state index in [0.717, 1.165) is 16.7 Å². The number of hydrogen-bond acceptors (Lipinski definition) is 6. The predicted octanol–water partition coefficient (Wildman–Crippen LogP) is 5.19. The highest BCUT2D eigenvalue weighted by molar-refractivity contribution is 6.31. The molecule has 0 radical (unpaired) electrons. The van der Waals surface area contributed by atoms with Crippen LogP contribution in [0.3, 0.4) is 0 Å². The van der Waals surface area contributed by atoms with Gasteiger partial charge in [0, 0.05) is 17.9 Å². The number of benzene rings is 3. The Morgan fingerprint density at radius 1 is 0.949 bits per heavy atom. The third-order valence-corrected chi connectivity index (χ3v) is 6.92. The van der Waals surface area contributed by atoms with Gasteiger partial charge in [-0.05, 0) is 28.3 Å². The van der Waals surface area contributed by atoms with E-state index in [2.05, 4.69) is 10.1 Å². The molecule has 1 aliphatic heterocycles. The Bertz CT molecular complexity index is 1210. The van der Waals surface area contributed by atoms with Crippen LogP contribution >= 0.6 is 11.6 Å². The highest BCUT2D eigenvalue weighted by atomic mass is 35.5. The van der Waals surface area contributed by atoms with Crippen LogP contribution in [0, 0.1) is 0 Å². The van der Waals surface area contributed by atoms with E-state index in [1.165, 1.54) is 7.11 Å². The molecule has 1 heterocycles. The topological polar surface area (TPSA) is 83.1 Å². The normalized spacial score (nSPS) is 18.9. The molecule has 3 aromatic carbocycles. The zero-order valence-electron chi connectivity index (χ0n) is 22.0. The van der Waals surface area contributed by atoms with E-state index in [-0.39, 0.29) is 37.2 Å². The van der Waals surface area contributed by atoms with E-state index in [4.69, 9.17) is 25.8 Å². The zero-order valence-corrected chi connectivity index (χ0v) is 22.8. The summed E-state index contributed by atoms with van der Waals surface area (Å²) in [5, 5.41) is 3.03. The number of hydrogen-bond donors (Lipinski definition) is 1. The molecule has 1 amide bonds. The maximum atomic E-state index is 12.4. The van der Waals surface area contributed by atoms with E-state index in [1.54, 1.807) is 6.07 Å². The lowest BCUT2D eigenvalue weighted by Gasteiger charge is -2.36. The van der Waals surface area contributed by atoms with Crippen LogP contribution in [0.15, 0.2) is 78.9 Å². The van der Waals surface area contributed by atoms with Gasteiger partial charge in [0.05, 0.1) is 51.7 Å². The third-order valence-electron chi connectivity index (χ3n) is 6.55. The van der Waals surface area contributed by atoms with Crippen LogP contribution < -0.4 is 5.32 Å². The fourth-order valence-corrected chi connectivity index (χ4v) is 4.69. The van der Waals surface area contributed by atoms with Crippen LogP contribution in [0.5, 0.6) is 0 Å². The smallest absolute Gasteiger partial charge is 0.325 e. The first kappa shape index (κ1) is 28.8. The van der Waals surface area contributed by atoms with Crippen molar-refractivity contribution in [2.24, 2.45) is 0 Å². The third kappa shape index (κ3) is 9.18. The summed E-state index contributed by atoms with van der Waals surface area (Å²) in [6, 6.07) is 25.7. The number of ether oxygens (including phenoxy) is 4. The monoisotopic (exact) mass is 551 g/mol. The van der Waals surface area contributed by atoms with Gasteiger partial charge in [0.25, 0.3) is 0 Å². The first-order chi connectivity index (χ1) is 19.0. The highest BCUT2D eigenvalue weighted by Crippen LogP contribution is 2.35. The van der Waals surface area contributed by atoms with Crippen LogP contribution in [0.2, 0.25) is 5.02 Å². The van der Waals surface area contributed by atoms with Crippen molar-refractivity contribution in [3.63, 3.8) is 0 Å². The van der Waals surface area contributed by atoms with E-state index in [9.17, 15) is 9.59 Å². The van der Waals surface area contributed by atoms with Gasteiger partial charge in [-0.2, -0.15) is 0 Å². The second kappa shape index (κ2) is 14.8. The van der Waals surface area contributed by atoms with E-state index in [1.807, 2.05) is 72.8 Å². The first-order valence-electron chi connectivity index (χ1n) is 13.0. The van der Waals surface area contributed by atoms with Gasteiger partial charge in [-0.3, -0.25) is 9.59 Å². The summed E-state index contributed by atoms with van der Waals surface area (Å²) in [4.78, 5) is 23.7. The molecule has 0 spiro atoms. The second-order valence-electron chi connectivity index (χ2n) is 9.52. The Labute approximate surface area is 234 Å². The van der Waals surface area contributed by atoms with Crippen molar-refractivity contribution in [1.29, 1.82) is 0 Å². The summed E-state index contributed by atoms with van der Waals surface area (Å²) in [5.41, 5.74) is 3.79. The molecule has 4 rings (SSSR count). The van der Waals surface area contributed by atoms with Crippen molar-refractivity contribution in [3.05, 3.63) is 106 Å². The van der Waals surface area contributed by atoms with Crippen molar-refractivity contribution in [3.8, 4) is 0 Å². The summed E-state index contributed by atoms with van der Waals surface area (Å²) in [6.45, 7) is 1.27. The van der Waals surface area contributed by atoms with Crippen molar-refractivity contribution < 1.29 is 28.5 Å². The van der Waals surface area contributed by atoms with Crippen LogP contribution in [0.25, 0.3) is 0 Å². The summed E-state index contributed by atoms with van der Waals surface area (Å²) in [5.74, 6) is -0.832. The molecule has 0 saturated carbocycles. The van der Waals surface area contributed by atoms with Crippen molar-refractivity contribution in [2.75, 3.05) is 20.3 Å². The van der Waals surface area contributed by atoms with Gasteiger partial charge in [0.2, 0.25) is 5.91 Å². The van der Waals surface area contributed by atoms with Gasteiger partial charge in [0.15, 0.2) is 0 Å². The number of nitrogens with one attached hydrogen (secondary N) is 1. The Morgan fingerprint density at radius 3 is 2.33 bits per heavy atom. The number of halogens is 1. The average Bonchev–Trinajstić information content (AvgIpc) is 2.97. The van der Waals surface area contributed by atoms with Crippen LogP contribution in [0.1, 0.15) is 41.2 Å². The molecule has 1 aliphatic rings. The molecular weight excluding hydrogens is 518 g/mol. The van der Waals surface area contributed by atoms with Gasteiger partial charge in [0.1, 0.15) is 6.54 Å². The summed E-state index contributed by atoms with van der Waals surface area (Å²) < 4.78 is 23.4. The number of carbonyl (C=O) groups excluding carboxylic acids is 2. The van der Waals surface area contributed by atoms with Crippen LogP contribution in [-0.4, -0.2) is 44.3 Å². The molecule has 7 nitrogen and oxygen atoms in total. The zero-order chi connectivity index (χ0) is 27.5. The number of methoxy groups -OCH3 is 1. The minimum Gasteiger partial charge on any atom is -0.468 e. The van der Waals surface area contributed by atoms with Crippen LogP contribution in [0.4, 0.5) is 0 Å². The largest absolute Gasteiger partial charge is 0.468 e. The molecule has 1 saturated heterocycles. The van der Waals surface area contributed by atoms with E-state index in [0.29, 0.717) is 43.2 Å². The highest BCUT2D eigenvalue weighted by Gasteiger charge is 2.32. The quantitative estimate of drug-likeness (QED) is 0.312. The minimum absolute atomic E-state index is 0.0308. The summed E-state index contributed by atoms with van der Waals surface area (Å²) in [6.07, 6.45) is 0.978. The van der Waals surface area contributed by atoms with Gasteiger partial charge in [-0.15, -0.1) is 0 Å². The minimum atomic E-state index is -0.513. The molecule has 8 heteroatoms. The Kier molecular flexibility index (Phi) is 10.9. The standard InChI is InChI=1S/C31H34ClNO6/c1-36-31(35)18-33-30(34)15-25-14-24(12-13-28(25)32)29-17-26(38-20-23-10-6-3-7-11-23)16-27(39-29)21-37-19-22-8-4-2-5-9-22/h2-14,26-27,29H,15-21H2,1H3,(H,33,34). The molecule has 0 aromatic heterocycles. The number of amides is 1. The lowest BCUT2D eigenvalue weighted by Crippen LogP contribution is -2.35. The number of rotatable bonds is 12. The van der Waals surface area contributed by atoms with E-state index < -0.39 is 5.97 Å². The molecule has 206 valence electrons. The van der Waals surface area contributed by atoms with Gasteiger partial charge < -0.3 is 24.3 Å². The van der Waals surface area contributed by atoms with Crippen molar-refractivity contribution >= 4 is 23.5 Å². The molecule has 0 bridgehead atoms. The van der Waals surface area contributed by atoms with Gasteiger partial charge in [-0.25, -0.2) is 0 Å². The summed E-state index contributed by atoms with van der Waals surface area (Å²) >= 11 is 6.41. The molecule has 1 fully saturated rings. The van der Waals surface area contributed by atoms with Gasteiger partial charge >= 0.3 is 5.97 Å². The molecular formula is C31H34ClNO6. The Balaban J connectivity index is 1.43. The lowest BCUT2D eigenvalue weighted by molar-refractivity contribution is -0.142. The maximum Gasteiger partial charge on any atom is 0.325 e. The fourth-order valence-electron chi connectivity index (χ4n) is 4.51. The van der Waals surface area contributed by atoms with Crippen LogP contribution in [-0.2, 0) is 48.2 Å². The first-order valence-corrected chi connectivity index (χ1v) is 13.4. The maximum absolute atomic E-state index is 12.4. The molecule has 39 heavy (non-hydrogen) atoms. The second-order valence-corrected chi connectivity index (χ2v) is 9.93. The number of esters is 1. The fraction of sp³-hybridized carbons (Fsp3) is 0.355. The Hall–Kier alpha value is -3.23. The molecule has 1 N–H and O–H groups in total. The number of carbonyl (C=O) groups is 2. The lowest BCUT2D eigenvalue weighted by atomic mass is 9.94. The average molecular weight is 552 g/mol. The van der Waals surface area contributed by atoms with Gasteiger partial charge in [-0.1, -0.05) is 84.4 Å².